The molecule has 1 atom stereocenters. The van der Waals surface area contributed by atoms with Crippen LogP contribution in [0.5, 0.6) is 0 Å². The van der Waals surface area contributed by atoms with E-state index >= 15 is 0 Å². The number of halogens is 2. The highest BCUT2D eigenvalue weighted by atomic mass is 19.1. The van der Waals surface area contributed by atoms with Crippen LogP contribution in [-0.4, -0.2) is 47.9 Å². The zero-order valence-corrected chi connectivity index (χ0v) is 17.2. The molecule has 30 heavy (non-hydrogen) atoms. The molecule has 3 rings (SSSR count). The normalized spacial score (nSPS) is 16.9. The minimum atomic E-state index is -0.764. The Bertz CT molecular complexity index is 893. The molecule has 1 aliphatic rings. The molecule has 0 bridgehead atoms. The number of aliphatic carboxylic acids is 1. The van der Waals surface area contributed by atoms with Gasteiger partial charge in [-0.15, -0.1) is 0 Å². The number of benzene rings is 2. The van der Waals surface area contributed by atoms with Gasteiger partial charge in [0.1, 0.15) is 24.0 Å². The first-order valence-corrected chi connectivity index (χ1v) is 10.0. The summed E-state index contributed by atoms with van der Waals surface area (Å²) in [5, 5.41) is 13.5. The molecule has 7 heteroatoms. The third-order valence-corrected chi connectivity index (χ3v) is 5.40. The van der Waals surface area contributed by atoms with E-state index in [0.29, 0.717) is 47.5 Å². The summed E-state index contributed by atoms with van der Waals surface area (Å²) >= 11 is 0. The number of rotatable bonds is 7. The Morgan fingerprint density at radius 3 is 2.27 bits per heavy atom. The highest BCUT2D eigenvalue weighted by molar-refractivity contribution is 6.14. The van der Waals surface area contributed by atoms with Gasteiger partial charge in [-0.25, -0.2) is 8.78 Å². The van der Waals surface area contributed by atoms with Crippen molar-refractivity contribution >= 4 is 11.7 Å². The van der Waals surface area contributed by atoms with Gasteiger partial charge in [-0.05, 0) is 80.8 Å². The number of aryl methyl sites for hydroxylation is 2. The van der Waals surface area contributed by atoms with Crippen molar-refractivity contribution < 1.29 is 23.5 Å². The summed E-state index contributed by atoms with van der Waals surface area (Å²) in [5.41, 5.74) is 3.31. The molecule has 1 aliphatic heterocycles. The number of carboxylic acid groups (broad SMARTS) is 1. The fraction of sp³-hybridized carbons (Fsp3) is 0.391. The number of hydrogen-bond acceptors (Lipinski definition) is 4. The largest absolute Gasteiger partial charge is 0.481 e. The molecule has 5 nitrogen and oxygen atoms in total. The van der Waals surface area contributed by atoms with E-state index < -0.39 is 5.97 Å². The molecule has 2 aromatic rings. The van der Waals surface area contributed by atoms with Gasteiger partial charge in [0.15, 0.2) is 0 Å². The lowest BCUT2D eigenvalue weighted by Gasteiger charge is -2.30. The molecule has 160 valence electrons. The lowest BCUT2D eigenvalue weighted by atomic mass is 9.95. The molecule has 0 saturated carbocycles. The zero-order valence-electron chi connectivity index (χ0n) is 17.2. The summed E-state index contributed by atoms with van der Waals surface area (Å²) in [4.78, 5) is 18.9. The number of carbonyl (C=O) groups is 1. The van der Waals surface area contributed by atoms with Crippen molar-refractivity contribution in [3.8, 4) is 0 Å². The monoisotopic (exact) mass is 416 g/mol. The summed E-state index contributed by atoms with van der Waals surface area (Å²) in [7, 11) is 0. The smallest absolute Gasteiger partial charge is 0.307 e. The highest BCUT2D eigenvalue weighted by Gasteiger charge is 2.25. The van der Waals surface area contributed by atoms with E-state index in [1.165, 1.54) is 24.3 Å². The zero-order chi connectivity index (χ0) is 21.7. The molecular formula is C23H26F2N2O3. The van der Waals surface area contributed by atoms with Gasteiger partial charge < -0.3 is 9.94 Å². The second-order valence-corrected chi connectivity index (χ2v) is 7.67. The Balaban J connectivity index is 1.77. The van der Waals surface area contributed by atoms with Gasteiger partial charge in [0.2, 0.25) is 0 Å². The van der Waals surface area contributed by atoms with Crippen molar-refractivity contribution in [1.82, 2.24) is 4.90 Å². The maximum Gasteiger partial charge on any atom is 0.307 e. The summed E-state index contributed by atoms with van der Waals surface area (Å²) in [6.07, 6.45) is 1.54. The van der Waals surface area contributed by atoms with Crippen LogP contribution in [0.3, 0.4) is 0 Å². The number of hydrogen-bond donors (Lipinski definition) is 1. The van der Waals surface area contributed by atoms with Crippen molar-refractivity contribution in [2.45, 2.75) is 26.7 Å². The minimum Gasteiger partial charge on any atom is -0.481 e. The number of nitrogens with zero attached hydrogens (tertiary/aromatic N) is 2. The van der Waals surface area contributed by atoms with E-state index in [1.807, 2.05) is 0 Å². The number of likely N-dealkylation sites (tertiary alicyclic amines) is 1. The average molecular weight is 416 g/mol. The lowest BCUT2D eigenvalue weighted by Crippen LogP contribution is -2.40. The molecule has 1 saturated heterocycles. The topological polar surface area (TPSA) is 62.1 Å². The number of oxime groups is 1. The van der Waals surface area contributed by atoms with Gasteiger partial charge in [-0.2, -0.15) is 0 Å². The van der Waals surface area contributed by atoms with Gasteiger partial charge >= 0.3 is 5.97 Å². The van der Waals surface area contributed by atoms with Crippen molar-refractivity contribution in [1.29, 1.82) is 0 Å². The Morgan fingerprint density at radius 1 is 1.13 bits per heavy atom. The number of carboxylic acids is 1. The second kappa shape index (κ2) is 9.80. The molecule has 1 N–H and O–H groups in total. The van der Waals surface area contributed by atoms with Gasteiger partial charge in [0.25, 0.3) is 0 Å². The molecule has 0 aromatic heterocycles. The summed E-state index contributed by atoms with van der Waals surface area (Å²) in [6, 6.07) is 8.83. The third-order valence-electron chi connectivity index (χ3n) is 5.40. The minimum absolute atomic E-state index is 0.288. The molecular weight excluding hydrogens is 390 g/mol. The van der Waals surface area contributed by atoms with Crippen LogP contribution in [0.15, 0.2) is 41.6 Å². The fourth-order valence-electron chi connectivity index (χ4n) is 3.77. The van der Waals surface area contributed by atoms with Gasteiger partial charge in [-0.1, -0.05) is 5.16 Å². The maximum atomic E-state index is 13.6. The van der Waals surface area contributed by atoms with Gasteiger partial charge in [-0.3, -0.25) is 9.69 Å². The van der Waals surface area contributed by atoms with E-state index in [1.54, 1.807) is 26.0 Å². The standard InChI is InChI=1S/C23H26F2N2O3/c1-15-12-18(24)5-7-20(15)22(21-8-6-19(25)13-16(21)2)26-30-11-10-27-9-3-4-17(14-27)23(28)29/h5-8,12-13,17H,3-4,9-11,14H2,1-2H3,(H,28,29)/t17-/m1/s1. The van der Waals surface area contributed by atoms with E-state index in [0.717, 1.165) is 13.0 Å². The summed E-state index contributed by atoms with van der Waals surface area (Å²) in [5.74, 6) is -1.79. The molecule has 0 amide bonds. The summed E-state index contributed by atoms with van der Waals surface area (Å²) < 4.78 is 27.2. The molecule has 0 aliphatic carbocycles. The summed E-state index contributed by atoms with van der Waals surface area (Å²) in [6.45, 7) is 5.75. The van der Waals surface area contributed by atoms with Crippen LogP contribution in [0, 0.1) is 31.4 Å². The van der Waals surface area contributed by atoms with E-state index in [9.17, 15) is 18.7 Å². The van der Waals surface area contributed by atoms with Crippen LogP contribution in [0.4, 0.5) is 8.78 Å². The molecule has 1 heterocycles. The van der Waals surface area contributed by atoms with Gasteiger partial charge in [0, 0.05) is 24.2 Å². The SMILES string of the molecule is Cc1cc(F)ccc1C(=NOCCN1CCC[C@@H](C(=O)O)C1)c1ccc(F)cc1C. The molecule has 0 unspecified atom stereocenters. The van der Waals surface area contributed by atoms with Crippen molar-refractivity contribution in [2.24, 2.45) is 11.1 Å². The molecule has 1 fully saturated rings. The van der Waals surface area contributed by atoms with Crippen LogP contribution in [-0.2, 0) is 9.63 Å². The first-order valence-electron chi connectivity index (χ1n) is 10.0. The Hall–Kier alpha value is -2.80. The van der Waals surface area contributed by atoms with Crippen LogP contribution >= 0.6 is 0 Å². The average Bonchev–Trinajstić information content (AvgIpc) is 2.70. The van der Waals surface area contributed by atoms with Crippen LogP contribution in [0.1, 0.15) is 35.1 Å². The quantitative estimate of drug-likeness (QED) is 0.419. The van der Waals surface area contributed by atoms with Crippen molar-refractivity contribution in [3.05, 3.63) is 70.3 Å². The first kappa shape index (κ1) is 21.9. The Labute approximate surface area is 175 Å². The van der Waals surface area contributed by atoms with Crippen molar-refractivity contribution in [2.75, 3.05) is 26.2 Å². The Morgan fingerprint density at radius 2 is 1.73 bits per heavy atom. The van der Waals surface area contributed by atoms with Crippen LogP contribution in [0.2, 0.25) is 0 Å². The van der Waals surface area contributed by atoms with E-state index in [-0.39, 0.29) is 24.2 Å². The second-order valence-electron chi connectivity index (χ2n) is 7.67. The first-order chi connectivity index (χ1) is 14.3. The van der Waals surface area contributed by atoms with Gasteiger partial charge in [0.05, 0.1) is 5.92 Å². The van der Waals surface area contributed by atoms with E-state index in [2.05, 4.69) is 10.1 Å². The Kier molecular flexibility index (Phi) is 7.15. The maximum absolute atomic E-state index is 13.6. The fourth-order valence-corrected chi connectivity index (χ4v) is 3.77. The van der Waals surface area contributed by atoms with E-state index in [4.69, 9.17) is 4.84 Å². The van der Waals surface area contributed by atoms with Crippen LogP contribution in [0.25, 0.3) is 0 Å². The van der Waals surface area contributed by atoms with Crippen molar-refractivity contribution in [3.63, 3.8) is 0 Å². The molecule has 0 spiro atoms. The predicted molar refractivity (Wildman–Crippen MR) is 111 cm³/mol. The highest BCUT2D eigenvalue weighted by Crippen LogP contribution is 2.21. The third kappa shape index (κ3) is 5.42. The molecule has 0 radical (unpaired) electrons. The number of piperidine rings is 1. The lowest BCUT2D eigenvalue weighted by molar-refractivity contribution is -0.143. The predicted octanol–water partition coefficient (Wildman–Crippen LogP) is 4.15. The molecule has 2 aromatic carbocycles. The van der Waals surface area contributed by atoms with Crippen LogP contribution < -0.4 is 0 Å².